The second-order valence-electron chi connectivity index (χ2n) is 4.63. The molecule has 1 heterocycles. The monoisotopic (exact) mass is 244 g/mol. The van der Waals surface area contributed by atoms with Crippen molar-refractivity contribution < 1.29 is 4.79 Å². The molecule has 0 aliphatic rings. The van der Waals surface area contributed by atoms with Crippen LogP contribution < -0.4 is 0 Å². The number of hydrogen-bond acceptors (Lipinski definition) is 2. The van der Waals surface area contributed by atoms with Crippen LogP contribution in [0.5, 0.6) is 0 Å². The number of nitrogens with zero attached hydrogens (tertiary/aromatic N) is 2. The van der Waals surface area contributed by atoms with E-state index in [2.05, 4.69) is 16.5 Å². The number of carbonyl (C=O) groups excluding carboxylic acids is 1. The van der Waals surface area contributed by atoms with Crippen molar-refractivity contribution in [3.63, 3.8) is 0 Å². The van der Waals surface area contributed by atoms with Crippen LogP contribution in [0.15, 0.2) is 24.3 Å². The first-order valence-electron chi connectivity index (χ1n) is 6.67. The van der Waals surface area contributed by atoms with Gasteiger partial charge in [-0.3, -0.25) is 4.79 Å². The van der Waals surface area contributed by atoms with Crippen LogP contribution in [0.4, 0.5) is 0 Å². The second-order valence-corrected chi connectivity index (χ2v) is 4.63. The van der Waals surface area contributed by atoms with Gasteiger partial charge in [-0.1, -0.05) is 26.0 Å². The summed E-state index contributed by atoms with van der Waals surface area (Å²) >= 11 is 0. The highest BCUT2D eigenvalue weighted by Crippen LogP contribution is 2.23. The van der Waals surface area contributed by atoms with Gasteiger partial charge in [0.15, 0.2) is 5.78 Å². The smallest absolute Gasteiger partial charge is 0.155 e. The lowest BCUT2D eigenvalue weighted by atomic mass is 10.1. The number of rotatable bonds is 5. The molecule has 96 valence electrons. The van der Waals surface area contributed by atoms with E-state index in [0.717, 1.165) is 29.7 Å². The van der Waals surface area contributed by atoms with Gasteiger partial charge < -0.3 is 4.57 Å². The number of carbonyl (C=O) groups is 1. The molecule has 0 saturated carbocycles. The van der Waals surface area contributed by atoms with E-state index >= 15 is 0 Å². The maximum atomic E-state index is 12.0. The largest absolute Gasteiger partial charge is 0.318 e. The van der Waals surface area contributed by atoms with Crippen molar-refractivity contribution in [2.24, 2.45) is 0 Å². The number of Topliss-reactive ketones (excluding diaryl/α,β-unsaturated/α-hetero) is 1. The SMILES string of the molecule is CCCc1nc2ccccc2n1C(C)C(=O)CC. The van der Waals surface area contributed by atoms with Crippen LogP contribution in [0, 0.1) is 0 Å². The standard InChI is InChI=1S/C15H20N2O/c1-4-8-15-16-12-9-6-7-10-13(12)17(15)11(3)14(18)5-2/h6-7,9-11H,4-5,8H2,1-3H3. The van der Waals surface area contributed by atoms with Crippen LogP contribution in [0.1, 0.15) is 45.5 Å². The Morgan fingerprint density at radius 2 is 2.06 bits per heavy atom. The van der Waals surface area contributed by atoms with Gasteiger partial charge in [-0.2, -0.15) is 0 Å². The summed E-state index contributed by atoms with van der Waals surface area (Å²) in [6, 6.07) is 7.92. The van der Waals surface area contributed by atoms with E-state index < -0.39 is 0 Å². The summed E-state index contributed by atoms with van der Waals surface area (Å²) in [6.07, 6.45) is 2.52. The number of aryl methyl sites for hydroxylation is 1. The molecule has 0 spiro atoms. The molecule has 0 aliphatic carbocycles. The first kappa shape index (κ1) is 12.8. The molecule has 18 heavy (non-hydrogen) atoms. The first-order valence-corrected chi connectivity index (χ1v) is 6.67. The maximum absolute atomic E-state index is 12.0. The quantitative estimate of drug-likeness (QED) is 0.806. The van der Waals surface area contributed by atoms with Crippen LogP contribution in [0.3, 0.4) is 0 Å². The van der Waals surface area contributed by atoms with Crippen LogP contribution in [0.2, 0.25) is 0 Å². The van der Waals surface area contributed by atoms with Gasteiger partial charge >= 0.3 is 0 Å². The van der Waals surface area contributed by atoms with E-state index in [0.29, 0.717) is 6.42 Å². The van der Waals surface area contributed by atoms with Crippen molar-refractivity contribution in [3.05, 3.63) is 30.1 Å². The Hall–Kier alpha value is -1.64. The lowest BCUT2D eigenvalue weighted by Crippen LogP contribution is -2.17. The normalized spacial score (nSPS) is 12.8. The van der Waals surface area contributed by atoms with E-state index in [-0.39, 0.29) is 11.8 Å². The molecule has 0 saturated heterocycles. The molecule has 3 nitrogen and oxygen atoms in total. The van der Waals surface area contributed by atoms with Crippen LogP contribution >= 0.6 is 0 Å². The van der Waals surface area contributed by atoms with Gasteiger partial charge in [-0.05, 0) is 25.5 Å². The zero-order chi connectivity index (χ0) is 13.1. The Bertz CT molecular complexity index is 557. The zero-order valence-electron chi connectivity index (χ0n) is 11.3. The van der Waals surface area contributed by atoms with Gasteiger partial charge in [-0.25, -0.2) is 4.98 Å². The summed E-state index contributed by atoms with van der Waals surface area (Å²) in [5.74, 6) is 1.28. The predicted molar refractivity (Wildman–Crippen MR) is 73.7 cm³/mol. The Morgan fingerprint density at radius 3 is 2.72 bits per heavy atom. The summed E-state index contributed by atoms with van der Waals surface area (Å²) in [5, 5.41) is 0. The molecule has 0 bridgehead atoms. The number of benzene rings is 1. The Labute approximate surface area is 108 Å². The molecule has 2 rings (SSSR count). The minimum atomic E-state index is -0.121. The molecule has 2 aromatic rings. The molecule has 0 amide bonds. The van der Waals surface area contributed by atoms with E-state index in [1.165, 1.54) is 0 Å². The summed E-state index contributed by atoms with van der Waals surface area (Å²) in [4.78, 5) is 16.6. The number of para-hydroxylation sites is 2. The average molecular weight is 244 g/mol. The van der Waals surface area contributed by atoms with Crippen molar-refractivity contribution >= 4 is 16.8 Å². The summed E-state index contributed by atoms with van der Waals surface area (Å²) in [7, 11) is 0. The molecule has 1 aromatic heterocycles. The second kappa shape index (κ2) is 5.34. The highest BCUT2D eigenvalue weighted by molar-refractivity contribution is 5.85. The molecular formula is C15H20N2O. The van der Waals surface area contributed by atoms with Gasteiger partial charge in [0.2, 0.25) is 0 Å². The zero-order valence-corrected chi connectivity index (χ0v) is 11.3. The van der Waals surface area contributed by atoms with Crippen molar-refractivity contribution in [3.8, 4) is 0 Å². The minimum Gasteiger partial charge on any atom is -0.318 e. The highest BCUT2D eigenvalue weighted by Gasteiger charge is 2.19. The molecule has 0 N–H and O–H groups in total. The van der Waals surface area contributed by atoms with E-state index in [1.54, 1.807) is 0 Å². The molecule has 1 aromatic carbocycles. The fourth-order valence-corrected chi connectivity index (χ4v) is 2.37. The first-order chi connectivity index (χ1) is 8.69. The average Bonchev–Trinajstić information content (AvgIpc) is 2.75. The molecule has 0 fully saturated rings. The van der Waals surface area contributed by atoms with Crippen molar-refractivity contribution in [2.75, 3.05) is 0 Å². The minimum absolute atomic E-state index is 0.121. The van der Waals surface area contributed by atoms with E-state index in [9.17, 15) is 4.79 Å². The number of ketones is 1. The molecule has 1 atom stereocenters. The predicted octanol–water partition coefficient (Wildman–Crippen LogP) is 3.53. The maximum Gasteiger partial charge on any atom is 0.155 e. The van der Waals surface area contributed by atoms with Crippen LogP contribution in [0.25, 0.3) is 11.0 Å². The molecule has 1 unspecified atom stereocenters. The third kappa shape index (κ3) is 2.17. The van der Waals surface area contributed by atoms with Gasteiger partial charge in [0, 0.05) is 12.8 Å². The third-order valence-electron chi connectivity index (χ3n) is 3.34. The molecule has 3 heteroatoms. The van der Waals surface area contributed by atoms with Gasteiger partial charge in [0.05, 0.1) is 17.1 Å². The number of aromatic nitrogens is 2. The Morgan fingerprint density at radius 1 is 1.33 bits per heavy atom. The Kier molecular flexibility index (Phi) is 3.80. The molecular weight excluding hydrogens is 224 g/mol. The van der Waals surface area contributed by atoms with Crippen molar-refractivity contribution in [2.45, 2.75) is 46.1 Å². The fourth-order valence-electron chi connectivity index (χ4n) is 2.37. The van der Waals surface area contributed by atoms with E-state index in [1.807, 2.05) is 38.1 Å². The number of imidazole rings is 1. The number of hydrogen-bond donors (Lipinski definition) is 0. The van der Waals surface area contributed by atoms with Crippen LogP contribution in [-0.4, -0.2) is 15.3 Å². The van der Waals surface area contributed by atoms with Gasteiger partial charge in [0.1, 0.15) is 5.82 Å². The van der Waals surface area contributed by atoms with Gasteiger partial charge in [-0.15, -0.1) is 0 Å². The molecule has 0 aliphatic heterocycles. The van der Waals surface area contributed by atoms with Crippen molar-refractivity contribution in [1.82, 2.24) is 9.55 Å². The summed E-state index contributed by atoms with van der Waals surface area (Å²) in [5.41, 5.74) is 2.05. The summed E-state index contributed by atoms with van der Waals surface area (Å²) in [6.45, 7) is 6.02. The lowest BCUT2D eigenvalue weighted by molar-refractivity contribution is -0.121. The number of fused-ring (bicyclic) bond motifs is 1. The fraction of sp³-hybridized carbons (Fsp3) is 0.467. The highest BCUT2D eigenvalue weighted by atomic mass is 16.1. The Balaban J connectivity index is 2.57. The van der Waals surface area contributed by atoms with Crippen molar-refractivity contribution in [1.29, 1.82) is 0 Å². The van der Waals surface area contributed by atoms with Gasteiger partial charge in [0.25, 0.3) is 0 Å². The molecule has 0 radical (unpaired) electrons. The topological polar surface area (TPSA) is 34.9 Å². The van der Waals surface area contributed by atoms with Crippen LogP contribution in [-0.2, 0) is 11.2 Å². The summed E-state index contributed by atoms with van der Waals surface area (Å²) < 4.78 is 2.10. The van der Waals surface area contributed by atoms with E-state index in [4.69, 9.17) is 0 Å². The third-order valence-corrected chi connectivity index (χ3v) is 3.34. The lowest BCUT2D eigenvalue weighted by Gasteiger charge is -2.15.